The van der Waals surface area contributed by atoms with E-state index in [1.54, 1.807) is 5.48 Å². The molecule has 0 spiro atoms. The summed E-state index contributed by atoms with van der Waals surface area (Å²) < 4.78 is 13.3. The number of aryl methyl sites for hydroxylation is 1. The average molecular weight is 393 g/mol. The molecule has 6 heteroatoms. The van der Waals surface area contributed by atoms with Crippen molar-refractivity contribution in [3.05, 3.63) is 76.7 Å². The molecule has 0 saturated heterocycles. The zero-order valence-electron chi connectivity index (χ0n) is 16.3. The summed E-state index contributed by atoms with van der Waals surface area (Å²) in [6, 6.07) is 11.4. The zero-order valence-corrected chi connectivity index (χ0v) is 16.3. The highest BCUT2D eigenvalue weighted by Gasteiger charge is 2.22. The summed E-state index contributed by atoms with van der Waals surface area (Å²) >= 11 is 0. The Morgan fingerprint density at radius 3 is 3.00 bits per heavy atom. The van der Waals surface area contributed by atoms with Gasteiger partial charge in [-0.1, -0.05) is 18.2 Å². The monoisotopic (exact) mass is 393 g/mol. The number of nitrogens with one attached hydrogen (secondary N) is 3. The van der Waals surface area contributed by atoms with Crippen molar-refractivity contribution in [1.29, 1.82) is 0 Å². The highest BCUT2D eigenvalue weighted by atomic mass is 19.1. The number of carbonyl (C=O) groups is 1. The van der Waals surface area contributed by atoms with Gasteiger partial charge in [0.15, 0.2) is 0 Å². The van der Waals surface area contributed by atoms with E-state index >= 15 is 0 Å². The summed E-state index contributed by atoms with van der Waals surface area (Å²) in [6.45, 7) is 2.69. The molecular formula is C23H24FN3O2. The predicted molar refractivity (Wildman–Crippen MR) is 111 cm³/mol. The Hall–Kier alpha value is -2.96. The molecule has 0 bridgehead atoms. The molecule has 1 atom stereocenters. The Balaban J connectivity index is 1.41. The number of aromatic nitrogens is 1. The van der Waals surface area contributed by atoms with Crippen LogP contribution in [0, 0.1) is 5.82 Å². The maximum Gasteiger partial charge on any atom is 0.267 e. The van der Waals surface area contributed by atoms with Crippen LogP contribution in [-0.4, -0.2) is 22.6 Å². The van der Waals surface area contributed by atoms with Crippen molar-refractivity contribution in [2.75, 3.05) is 6.54 Å². The summed E-state index contributed by atoms with van der Waals surface area (Å²) in [5.74, 6) is -0.754. The first-order valence-electron chi connectivity index (χ1n) is 9.79. The molecule has 4 rings (SSSR count). The molecule has 29 heavy (non-hydrogen) atoms. The summed E-state index contributed by atoms with van der Waals surface area (Å²) in [5.41, 5.74) is 8.03. The van der Waals surface area contributed by atoms with Crippen LogP contribution in [0.1, 0.15) is 41.6 Å². The van der Waals surface area contributed by atoms with Gasteiger partial charge in [0.05, 0.1) is 0 Å². The van der Waals surface area contributed by atoms with Gasteiger partial charge in [-0.3, -0.25) is 10.0 Å². The third kappa shape index (κ3) is 4.09. The van der Waals surface area contributed by atoms with Gasteiger partial charge in [-0.15, -0.1) is 0 Å². The van der Waals surface area contributed by atoms with E-state index in [2.05, 4.69) is 22.4 Å². The lowest BCUT2D eigenvalue weighted by Crippen LogP contribution is -2.21. The summed E-state index contributed by atoms with van der Waals surface area (Å²) in [6.07, 6.45) is 6.25. The number of H-pyrrole nitrogens is 1. The SMILES string of the molecule is C/C(=C\C(=O)NO)c1ccc2c(c1)CCC2NCCc1c[nH]c2cc(F)ccc12. The molecule has 5 nitrogen and oxygen atoms in total. The molecule has 4 N–H and O–H groups in total. The predicted octanol–water partition coefficient (Wildman–Crippen LogP) is 4.04. The van der Waals surface area contributed by atoms with Gasteiger partial charge in [-0.25, -0.2) is 9.87 Å². The Kier molecular flexibility index (Phi) is 5.47. The number of amides is 1. The van der Waals surface area contributed by atoms with Gasteiger partial charge in [0.25, 0.3) is 5.91 Å². The standard InChI is InChI=1S/C23H24FN3O2/c1-14(10-23(28)27-29)15-2-5-19-16(11-15)3-7-21(19)25-9-8-17-13-26-22-12-18(24)4-6-20(17)22/h2,4-6,10-13,21,25-26,29H,3,7-9H2,1H3,(H,27,28)/b14-10+. The minimum atomic E-state index is -0.525. The fourth-order valence-electron chi connectivity index (χ4n) is 4.13. The van der Waals surface area contributed by atoms with Crippen molar-refractivity contribution < 1.29 is 14.4 Å². The molecule has 1 unspecified atom stereocenters. The van der Waals surface area contributed by atoms with Crippen molar-refractivity contribution in [2.24, 2.45) is 0 Å². The van der Waals surface area contributed by atoms with Gasteiger partial charge in [-0.05, 0) is 78.8 Å². The van der Waals surface area contributed by atoms with E-state index in [0.717, 1.165) is 47.8 Å². The third-order valence-electron chi connectivity index (χ3n) is 5.65. The Morgan fingerprint density at radius 2 is 2.17 bits per heavy atom. The summed E-state index contributed by atoms with van der Waals surface area (Å²) in [4.78, 5) is 14.5. The molecule has 0 aliphatic heterocycles. The van der Waals surface area contributed by atoms with E-state index in [-0.39, 0.29) is 5.82 Å². The van der Waals surface area contributed by atoms with Crippen molar-refractivity contribution in [3.63, 3.8) is 0 Å². The second-order valence-corrected chi connectivity index (χ2v) is 7.52. The first-order chi connectivity index (χ1) is 14.0. The number of allylic oxidation sites excluding steroid dienone is 1. The number of aromatic amines is 1. The van der Waals surface area contributed by atoms with Crippen LogP contribution in [0.25, 0.3) is 16.5 Å². The van der Waals surface area contributed by atoms with Gasteiger partial charge in [-0.2, -0.15) is 0 Å². The van der Waals surface area contributed by atoms with E-state index in [1.165, 1.54) is 34.9 Å². The van der Waals surface area contributed by atoms with Crippen LogP contribution in [0.3, 0.4) is 0 Å². The maximum atomic E-state index is 13.3. The second kappa shape index (κ2) is 8.19. The summed E-state index contributed by atoms with van der Waals surface area (Å²) in [7, 11) is 0. The molecule has 1 aromatic heterocycles. The molecular weight excluding hydrogens is 369 g/mol. The van der Waals surface area contributed by atoms with Gasteiger partial charge in [0, 0.05) is 29.2 Å². The van der Waals surface area contributed by atoms with Crippen LogP contribution in [-0.2, 0) is 17.6 Å². The minimum absolute atomic E-state index is 0.229. The lowest BCUT2D eigenvalue weighted by molar-refractivity contribution is -0.124. The van der Waals surface area contributed by atoms with Crippen LogP contribution < -0.4 is 10.8 Å². The van der Waals surface area contributed by atoms with Gasteiger partial charge in [0.2, 0.25) is 0 Å². The van der Waals surface area contributed by atoms with Crippen molar-refractivity contribution in [2.45, 2.75) is 32.2 Å². The number of halogens is 1. The molecule has 0 fully saturated rings. The molecule has 2 aromatic carbocycles. The lowest BCUT2D eigenvalue weighted by atomic mass is 10.00. The molecule has 1 aliphatic rings. The second-order valence-electron chi connectivity index (χ2n) is 7.52. The Labute approximate surface area is 168 Å². The van der Waals surface area contributed by atoms with E-state index < -0.39 is 5.91 Å². The lowest BCUT2D eigenvalue weighted by Gasteiger charge is -2.14. The number of fused-ring (bicyclic) bond motifs is 2. The number of benzene rings is 2. The Morgan fingerprint density at radius 1 is 1.31 bits per heavy atom. The highest BCUT2D eigenvalue weighted by molar-refractivity contribution is 5.94. The number of hydroxylamine groups is 1. The van der Waals surface area contributed by atoms with E-state index in [4.69, 9.17) is 5.21 Å². The van der Waals surface area contributed by atoms with Crippen LogP contribution >= 0.6 is 0 Å². The third-order valence-corrected chi connectivity index (χ3v) is 5.65. The number of hydrogen-bond acceptors (Lipinski definition) is 3. The first-order valence-corrected chi connectivity index (χ1v) is 9.79. The number of rotatable bonds is 6. The molecule has 0 radical (unpaired) electrons. The first kappa shape index (κ1) is 19.4. The smallest absolute Gasteiger partial charge is 0.267 e. The number of hydrogen-bond donors (Lipinski definition) is 4. The van der Waals surface area contributed by atoms with Crippen molar-refractivity contribution in [3.8, 4) is 0 Å². The van der Waals surface area contributed by atoms with Crippen molar-refractivity contribution >= 4 is 22.4 Å². The zero-order chi connectivity index (χ0) is 20.4. The van der Waals surface area contributed by atoms with E-state index in [0.29, 0.717) is 6.04 Å². The number of carbonyl (C=O) groups excluding carboxylic acids is 1. The molecule has 1 aliphatic carbocycles. The van der Waals surface area contributed by atoms with Crippen molar-refractivity contribution in [1.82, 2.24) is 15.8 Å². The molecule has 1 heterocycles. The minimum Gasteiger partial charge on any atom is -0.361 e. The normalized spacial score (nSPS) is 16.2. The van der Waals surface area contributed by atoms with E-state index in [1.807, 2.05) is 25.3 Å². The van der Waals surface area contributed by atoms with Gasteiger partial charge in [0.1, 0.15) is 5.82 Å². The maximum absolute atomic E-state index is 13.3. The Bertz CT molecular complexity index is 1090. The molecule has 1 amide bonds. The largest absolute Gasteiger partial charge is 0.361 e. The molecule has 150 valence electrons. The van der Waals surface area contributed by atoms with Crippen LogP contribution in [0.4, 0.5) is 4.39 Å². The van der Waals surface area contributed by atoms with Crippen LogP contribution in [0.2, 0.25) is 0 Å². The fraction of sp³-hybridized carbons (Fsp3) is 0.261. The summed E-state index contributed by atoms with van der Waals surface area (Å²) in [5, 5.41) is 13.4. The van der Waals surface area contributed by atoms with E-state index in [9.17, 15) is 9.18 Å². The van der Waals surface area contributed by atoms with Gasteiger partial charge >= 0.3 is 0 Å². The van der Waals surface area contributed by atoms with Crippen LogP contribution in [0.15, 0.2) is 48.7 Å². The fourth-order valence-corrected chi connectivity index (χ4v) is 4.13. The quantitative estimate of drug-likeness (QED) is 0.290. The highest BCUT2D eigenvalue weighted by Crippen LogP contribution is 2.33. The molecule has 0 saturated carbocycles. The van der Waals surface area contributed by atoms with Gasteiger partial charge < -0.3 is 10.3 Å². The average Bonchev–Trinajstić information content (AvgIpc) is 3.31. The topological polar surface area (TPSA) is 77.2 Å². The molecule has 3 aromatic rings. The van der Waals surface area contributed by atoms with Crippen LogP contribution in [0.5, 0.6) is 0 Å².